The maximum absolute atomic E-state index is 13.4. The molecule has 6 nitrogen and oxygen atoms in total. The number of carboxylic acid groups (broad SMARTS) is 1. The second-order valence-corrected chi connectivity index (χ2v) is 12.1. The van der Waals surface area contributed by atoms with E-state index in [0.717, 1.165) is 41.9 Å². The molecule has 0 aliphatic heterocycles. The van der Waals surface area contributed by atoms with Crippen LogP contribution in [-0.4, -0.2) is 27.0 Å². The SMILES string of the molecule is O=C(O)c1cccc(NC(=O)c2nc(-c3ccc(Cl)c(Cl)c3)[nH]c2CCC23CC4CC(CC(C4)C2)C3)c1. The molecule has 0 unspecified atom stereocenters. The number of imidazole rings is 1. The van der Waals surface area contributed by atoms with Gasteiger partial charge >= 0.3 is 5.97 Å². The van der Waals surface area contributed by atoms with Crippen LogP contribution in [0.2, 0.25) is 10.0 Å². The van der Waals surface area contributed by atoms with E-state index in [2.05, 4.69) is 15.3 Å². The summed E-state index contributed by atoms with van der Waals surface area (Å²) >= 11 is 12.4. The van der Waals surface area contributed by atoms with Gasteiger partial charge in [-0.1, -0.05) is 29.3 Å². The molecule has 3 aromatic rings. The Morgan fingerprint density at radius 2 is 1.70 bits per heavy atom. The summed E-state index contributed by atoms with van der Waals surface area (Å²) in [5.41, 5.74) is 2.76. The van der Waals surface area contributed by atoms with E-state index in [1.807, 2.05) is 6.07 Å². The number of carboxylic acids is 1. The predicted molar refractivity (Wildman–Crippen MR) is 144 cm³/mol. The summed E-state index contributed by atoms with van der Waals surface area (Å²) < 4.78 is 0. The molecule has 4 bridgehead atoms. The molecule has 4 aliphatic carbocycles. The van der Waals surface area contributed by atoms with Crippen molar-refractivity contribution in [2.45, 2.75) is 51.4 Å². The Labute approximate surface area is 225 Å². The minimum atomic E-state index is -1.05. The van der Waals surface area contributed by atoms with Crippen LogP contribution in [0.1, 0.15) is 71.5 Å². The highest BCUT2D eigenvalue weighted by Gasteiger charge is 2.50. The van der Waals surface area contributed by atoms with E-state index in [4.69, 9.17) is 23.2 Å². The van der Waals surface area contributed by atoms with Gasteiger partial charge in [-0.25, -0.2) is 9.78 Å². The lowest BCUT2D eigenvalue weighted by atomic mass is 9.48. The molecule has 1 heterocycles. The zero-order valence-corrected chi connectivity index (χ0v) is 21.9. The van der Waals surface area contributed by atoms with Crippen LogP contribution in [0.25, 0.3) is 11.4 Å². The lowest BCUT2D eigenvalue weighted by molar-refractivity contribution is -0.0570. The van der Waals surface area contributed by atoms with E-state index >= 15 is 0 Å². The first-order valence-corrected chi connectivity index (χ1v) is 13.7. The molecule has 37 heavy (non-hydrogen) atoms. The molecule has 3 N–H and O–H groups in total. The molecule has 0 radical (unpaired) electrons. The molecular weight excluding hydrogens is 509 g/mol. The molecule has 0 atom stereocenters. The first-order chi connectivity index (χ1) is 17.8. The number of nitrogens with zero attached hydrogens (tertiary/aromatic N) is 1. The van der Waals surface area contributed by atoms with Crippen molar-refractivity contribution < 1.29 is 14.7 Å². The molecular formula is C29H29Cl2N3O3. The number of aryl methyl sites for hydroxylation is 1. The lowest BCUT2D eigenvalue weighted by Crippen LogP contribution is -2.46. The van der Waals surface area contributed by atoms with Crippen molar-refractivity contribution >= 4 is 40.8 Å². The Hall–Kier alpha value is -2.83. The third kappa shape index (κ3) is 4.89. The maximum Gasteiger partial charge on any atom is 0.335 e. The minimum absolute atomic E-state index is 0.110. The number of nitrogens with one attached hydrogen (secondary N) is 2. The van der Waals surface area contributed by atoms with Crippen molar-refractivity contribution in [3.05, 3.63) is 69.5 Å². The first kappa shape index (κ1) is 24.5. The van der Waals surface area contributed by atoms with Gasteiger partial charge in [0.1, 0.15) is 11.5 Å². The third-order valence-electron chi connectivity index (χ3n) is 8.62. The third-order valence-corrected chi connectivity index (χ3v) is 9.36. The van der Waals surface area contributed by atoms with Gasteiger partial charge in [-0.3, -0.25) is 4.79 Å². The molecule has 0 spiro atoms. The standard InChI is InChI=1S/C29H29Cl2N3O3/c30-22-5-4-19(12-23(22)31)26-33-24(6-7-29-13-16-8-17(14-29)10-18(9-16)15-29)25(34-26)27(35)32-21-3-1-2-20(11-21)28(36)37/h1-5,11-12,16-18H,6-10,13-15H2,(H,32,35)(H,33,34)(H,36,37). The van der Waals surface area contributed by atoms with Gasteiger partial charge in [0.25, 0.3) is 5.91 Å². The van der Waals surface area contributed by atoms with Crippen molar-refractivity contribution in [3.8, 4) is 11.4 Å². The number of rotatable bonds is 7. The van der Waals surface area contributed by atoms with Crippen LogP contribution < -0.4 is 5.32 Å². The Kier molecular flexibility index (Phi) is 6.28. The van der Waals surface area contributed by atoms with Crippen LogP contribution >= 0.6 is 23.2 Å². The number of anilines is 1. The number of aromatic carboxylic acids is 1. The monoisotopic (exact) mass is 537 g/mol. The van der Waals surface area contributed by atoms with Crippen molar-refractivity contribution in [2.75, 3.05) is 5.32 Å². The van der Waals surface area contributed by atoms with E-state index in [1.54, 1.807) is 24.3 Å². The number of hydrogen-bond acceptors (Lipinski definition) is 3. The number of hydrogen-bond donors (Lipinski definition) is 3. The summed E-state index contributed by atoms with van der Waals surface area (Å²) in [6.45, 7) is 0. The van der Waals surface area contributed by atoms with Crippen molar-refractivity contribution in [2.24, 2.45) is 23.2 Å². The summed E-state index contributed by atoms with van der Waals surface area (Å²) in [5.74, 6) is 1.74. The summed E-state index contributed by atoms with van der Waals surface area (Å²) in [7, 11) is 0. The Bertz CT molecular complexity index is 1350. The smallest absolute Gasteiger partial charge is 0.335 e. The number of carbonyl (C=O) groups excluding carboxylic acids is 1. The summed E-state index contributed by atoms with van der Waals surface area (Å²) in [6.07, 6.45) is 9.87. The number of halogens is 2. The second-order valence-electron chi connectivity index (χ2n) is 11.3. The molecule has 2 aromatic carbocycles. The van der Waals surface area contributed by atoms with E-state index in [1.165, 1.54) is 50.7 Å². The van der Waals surface area contributed by atoms with Gasteiger partial charge in [0.2, 0.25) is 0 Å². The summed E-state index contributed by atoms with van der Waals surface area (Å²) in [6, 6.07) is 11.5. The number of carbonyl (C=O) groups is 2. The fourth-order valence-electron chi connectivity index (χ4n) is 7.46. The Balaban J connectivity index is 1.29. The van der Waals surface area contributed by atoms with Crippen LogP contribution in [0.3, 0.4) is 0 Å². The van der Waals surface area contributed by atoms with Gasteiger partial charge in [0.15, 0.2) is 0 Å². The molecule has 192 valence electrons. The predicted octanol–water partition coefficient (Wildman–Crippen LogP) is 7.48. The molecule has 8 heteroatoms. The highest BCUT2D eigenvalue weighted by Crippen LogP contribution is 2.61. The van der Waals surface area contributed by atoms with E-state index in [0.29, 0.717) is 32.7 Å². The number of H-pyrrole nitrogens is 1. The average Bonchev–Trinajstić information content (AvgIpc) is 3.28. The van der Waals surface area contributed by atoms with E-state index in [-0.39, 0.29) is 11.5 Å². The average molecular weight is 538 g/mol. The molecule has 1 amide bonds. The van der Waals surface area contributed by atoms with Crippen LogP contribution in [0.15, 0.2) is 42.5 Å². The largest absolute Gasteiger partial charge is 0.478 e. The number of benzene rings is 2. The number of aromatic amines is 1. The van der Waals surface area contributed by atoms with Crippen LogP contribution in [0.4, 0.5) is 5.69 Å². The van der Waals surface area contributed by atoms with Crippen LogP contribution in [-0.2, 0) is 6.42 Å². The second kappa shape index (κ2) is 9.48. The Morgan fingerprint density at radius 1 is 1.00 bits per heavy atom. The molecule has 1 aromatic heterocycles. The summed E-state index contributed by atoms with van der Waals surface area (Å²) in [4.78, 5) is 32.9. The first-order valence-electron chi connectivity index (χ1n) is 13.0. The minimum Gasteiger partial charge on any atom is -0.478 e. The normalized spacial score (nSPS) is 25.8. The molecule has 4 aliphatic rings. The van der Waals surface area contributed by atoms with Gasteiger partial charge in [0, 0.05) is 16.9 Å². The van der Waals surface area contributed by atoms with Crippen LogP contribution in [0, 0.1) is 23.2 Å². The van der Waals surface area contributed by atoms with Gasteiger partial charge in [-0.05, 0) is 111 Å². The molecule has 4 saturated carbocycles. The zero-order valence-electron chi connectivity index (χ0n) is 20.4. The molecule has 4 fully saturated rings. The quantitative estimate of drug-likeness (QED) is 0.291. The van der Waals surface area contributed by atoms with E-state index in [9.17, 15) is 14.7 Å². The number of aromatic nitrogens is 2. The lowest BCUT2D eigenvalue weighted by Gasteiger charge is -2.57. The topological polar surface area (TPSA) is 95.1 Å². The molecule has 7 rings (SSSR count). The van der Waals surface area contributed by atoms with Crippen LogP contribution in [0.5, 0.6) is 0 Å². The fraction of sp³-hybridized carbons (Fsp3) is 0.414. The zero-order chi connectivity index (χ0) is 25.7. The van der Waals surface area contributed by atoms with Gasteiger partial charge in [-0.15, -0.1) is 0 Å². The van der Waals surface area contributed by atoms with E-state index < -0.39 is 5.97 Å². The highest BCUT2D eigenvalue weighted by atomic mass is 35.5. The summed E-state index contributed by atoms with van der Waals surface area (Å²) in [5, 5.41) is 13.0. The van der Waals surface area contributed by atoms with Gasteiger partial charge < -0.3 is 15.4 Å². The van der Waals surface area contributed by atoms with Gasteiger partial charge in [-0.2, -0.15) is 0 Å². The Morgan fingerprint density at radius 3 is 2.35 bits per heavy atom. The maximum atomic E-state index is 13.4. The van der Waals surface area contributed by atoms with Crippen molar-refractivity contribution in [3.63, 3.8) is 0 Å². The van der Waals surface area contributed by atoms with Crippen molar-refractivity contribution in [1.29, 1.82) is 0 Å². The highest BCUT2D eigenvalue weighted by molar-refractivity contribution is 6.42. The van der Waals surface area contributed by atoms with Crippen molar-refractivity contribution in [1.82, 2.24) is 9.97 Å². The fourth-order valence-corrected chi connectivity index (χ4v) is 7.76. The number of amides is 1. The van der Waals surface area contributed by atoms with Gasteiger partial charge in [0.05, 0.1) is 15.6 Å². The molecule has 0 saturated heterocycles.